The van der Waals surface area contributed by atoms with Gasteiger partial charge in [-0.25, -0.2) is 13.1 Å². The van der Waals surface area contributed by atoms with Crippen LogP contribution in [0.1, 0.15) is 11.1 Å². The molecule has 0 fully saturated rings. The molecule has 0 amide bonds. The van der Waals surface area contributed by atoms with Crippen LogP contribution in [0, 0.1) is 0 Å². The average Bonchev–Trinajstić information content (AvgIpc) is 2.49. The number of rotatable bonds is 6. The molecule has 0 aliphatic carbocycles. The summed E-state index contributed by atoms with van der Waals surface area (Å²) in [6.45, 7) is 0.328. The predicted octanol–water partition coefficient (Wildman–Crippen LogP) is 4.13. The van der Waals surface area contributed by atoms with Crippen molar-refractivity contribution < 1.29 is 8.42 Å². The fourth-order valence-electron chi connectivity index (χ4n) is 1.78. The first-order valence-corrected chi connectivity index (χ1v) is 8.93. The lowest BCUT2D eigenvalue weighted by Crippen LogP contribution is -2.23. The van der Waals surface area contributed by atoms with E-state index < -0.39 is 10.0 Å². The van der Waals surface area contributed by atoms with Gasteiger partial charge in [0, 0.05) is 22.0 Å². The molecule has 2 aromatic rings. The highest BCUT2D eigenvalue weighted by Crippen LogP contribution is 2.11. The summed E-state index contributed by atoms with van der Waals surface area (Å²) in [5, 5.41) is 2.43. The molecular formula is C16H15Cl2NO2S. The molecule has 22 heavy (non-hydrogen) atoms. The van der Waals surface area contributed by atoms with Gasteiger partial charge in [-0.15, -0.1) is 0 Å². The van der Waals surface area contributed by atoms with Crippen molar-refractivity contribution in [3.8, 4) is 0 Å². The Labute approximate surface area is 140 Å². The number of hydrogen-bond donors (Lipinski definition) is 1. The molecule has 116 valence electrons. The van der Waals surface area contributed by atoms with Gasteiger partial charge < -0.3 is 0 Å². The van der Waals surface area contributed by atoms with E-state index in [-0.39, 0.29) is 0 Å². The standard InChI is InChI=1S/C16H15Cl2NO2S/c17-15-5-1-13(2-6-15)9-11-19-22(20,21)12-10-14-3-7-16(18)8-4-14/h1-8,10,12,19H,9,11H2. The molecule has 0 radical (unpaired) electrons. The Kier molecular flexibility index (Phi) is 6.03. The Hall–Kier alpha value is -1.33. The van der Waals surface area contributed by atoms with Crippen LogP contribution in [0.4, 0.5) is 0 Å². The summed E-state index contributed by atoms with van der Waals surface area (Å²) >= 11 is 11.6. The molecule has 0 aromatic heterocycles. The van der Waals surface area contributed by atoms with Crippen LogP contribution in [0.25, 0.3) is 6.08 Å². The van der Waals surface area contributed by atoms with E-state index in [0.717, 1.165) is 16.5 Å². The van der Waals surface area contributed by atoms with Crippen molar-refractivity contribution >= 4 is 39.3 Å². The lowest BCUT2D eigenvalue weighted by molar-refractivity contribution is 0.591. The summed E-state index contributed by atoms with van der Waals surface area (Å²) in [5.41, 5.74) is 1.79. The van der Waals surface area contributed by atoms with Crippen LogP contribution < -0.4 is 4.72 Å². The number of benzene rings is 2. The van der Waals surface area contributed by atoms with Crippen LogP contribution in [0.3, 0.4) is 0 Å². The van der Waals surface area contributed by atoms with E-state index >= 15 is 0 Å². The van der Waals surface area contributed by atoms with Crippen molar-refractivity contribution in [3.63, 3.8) is 0 Å². The van der Waals surface area contributed by atoms with E-state index in [0.29, 0.717) is 23.0 Å². The second kappa shape index (κ2) is 7.79. The van der Waals surface area contributed by atoms with Crippen LogP contribution in [0.2, 0.25) is 10.0 Å². The van der Waals surface area contributed by atoms with Crippen molar-refractivity contribution in [1.82, 2.24) is 4.72 Å². The first-order chi connectivity index (χ1) is 10.4. The van der Waals surface area contributed by atoms with Crippen LogP contribution in [-0.4, -0.2) is 15.0 Å². The third-order valence-electron chi connectivity index (χ3n) is 2.94. The van der Waals surface area contributed by atoms with Crippen molar-refractivity contribution in [3.05, 3.63) is 75.1 Å². The molecule has 0 bridgehead atoms. The van der Waals surface area contributed by atoms with Gasteiger partial charge >= 0.3 is 0 Å². The maximum atomic E-state index is 11.9. The molecule has 0 heterocycles. The summed E-state index contributed by atoms with van der Waals surface area (Å²) in [6.07, 6.45) is 2.13. The predicted molar refractivity (Wildman–Crippen MR) is 92.6 cm³/mol. The summed E-state index contributed by atoms with van der Waals surface area (Å²) in [6, 6.07) is 14.2. The van der Waals surface area contributed by atoms with Crippen molar-refractivity contribution in [2.24, 2.45) is 0 Å². The molecule has 2 aromatic carbocycles. The normalized spacial score (nSPS) is 11.9. The molecule has 0 spiro atoms. The van der Waals surface area contributed by atoms with E-state index in [2.05, 4.69) is 4.72 Å². The second-order valence-electron chi connectivity index (χ2n) is 4.67. The van der Waals surface area contributed by atoms with Gasteiger partial charge in [0.15, 0.2) is 0 Å². The fourth-order valence-corrected chi connectivity index (χ4v) is 2.85. The zero-order chi connectivity index (χ0) is 16.0. The van der Waals surface area contributed by atoms with Gasteiger partial charge in [-0.05, 0) is 47.9 Å². The number of halogens is 2. The highest BCUT2D eigenvalue weighted by atomic mass is 35.5. The van der Waals surface area contributed by atoms with E-state index in [4.69, 9.17) is 23.2 Å². The Bertz CT molecular complexity index is 739. The zero-order valence-electron chi connectivity index (χ0n) is 11.7. The zero-order valence-corrected chi connectivity index (χ0v) is 14.0. The average molecular weight is 356 g/mol. The Morgan fingerprint density at radius 1 is 0.909 bits per heavy atom. The lowest BCUT2D eigenvalue weighted by Gasteiger charge is -2.03. The van der Waals surface area contributed by atoms with Crippen LogP contribution in [0.5, 0.6) is 0 Å². The van der Waals surface area contributed by atoms with Gasteiger partial charge in [-0.2, -0.15) is 0 Å². The summed E-state index contributed by atoms with van der Waals surface area (Å²) in [7, 11) is -3.46. The first-order valence-electron chi connectivity index (χ1n) is 6.62. The van der Waals surface area contributed by atoms with Crippen LogP contribution in [-0.2, 0) is 16.4 Å². The van der Waals surface area contributed by atoms with E-state index in [9.17, 15) is 8.42 Å². The third kappa shape index (κ3) is 5.81. The van der Waals surface area contributed by atoms with Crippen molar-refractivity contribution in [2.75, 3.05) is 6.54 Å². The first kappa shape index (κ1) is 17.0. The summed E-state index contributed by atoms with van der Waals surface area (Å²) in [4.78, 5) is 0. The SMILES string of the molecule is O=S(=O)(C=Cc1ccc(Cl)cc1)NCCc1ccc(Cl)cc1. The van der Waals surface area contributed by atoms with Crippen LogP contribution >= 0.6 is 23.2 Å². The highest BCUT2D eigenvalue weighted by molar-refractivity contribution is 7.92. The van der Waals surface area contributed by atoms with E-state index in [1.165, 1.54) is 6.08 Å². The summed E-state index contributed by atoms with van der Waals surface area (Å²) in [5.74, 6) is 0. The quantitative estimate of drug-likeness (QED) is 0.846. The molecule has 0 saturated heterocycles. The lowest BCUT2D eigenvalue weighted by atomic mass is 10.2. The Morgan fingerprint density at radius 3 is 2.05 bits per heavy atom. The van der Waals surface area contributed by atoms with Crippen molar-refractivity contribution in [1.29, 1.82) is 0 Å². The molecule has 0 aliphatic rings. The molecule has 0 aliphatic heterocycles. The third-order valence-corrected chi connectivity index (χ3v) is 4.54. The molecule has 0 unspecified atom stereocenters. The molecule has 6 heteroatoms. The largest absolute Gasteiger partial charge is 0.233 e. The maximum absolute atomic E-state index is 11.9. The minimum atomic E-state index is -3.46. The highest BCUT2D eigenvalue weighted by Gasteiger charge is 2.04. The second-order valence-corrected chi connectivity index (χ2v) is 7.19. The minimum Gasteiger partial charge on any atom is -0.211 e. The van der Waals surface area contributed by atoms with Gasteiger partial charge in [0.05, 0.1) is 0 Å². The number of sulfonamides is 1. The van der Waals surface area contributed by atoms with Crippen molar-refractivity contribution in [2.45, 2.75) is 6.42 Å². The van der Waals surface area contributed by atoms with Gasteiger partial charge in [-0.1, -0.05) is 47.5 Å². The van der Waals surface area contributed by atoms with Gasteiger partial charge in [0.25, 0.3) is 0 Å². The maximum Gasteiger partial charge on any atom is 0.233 e. The monoisotopic (exact) mass is 355 g/mol. The van der Waals surface area contributed by atoms with E-state index in [1.807, 2.05) is 12.1 Å². The number of nitrogens with one attached hydrogen (secondary N) is 1. The van der Waals surface area contributed by atoms with E-state index in [1.54, 1.807) is 36.4 Å². The van der Waals surface area contributed by atoms with Gasteiger partial charge in [-0.3, -0.25) is 0 Å². The van der Waals surface area contributed by atoms with Crippen LogP contribution in [0.15, 0.2) is 53.9 Å². The molecule has 1 N–H and O–H groups in total. The fraction of sp³-hybridized carbons (Fsp3) is 0.125. The Balaban J connectivity index is 1.88. The molecule has 3 nitrogen and oxygen atoms in total. The number of hydrogen-bond acceptors (Lipinski definition) is 2. The molecule has 2 rings (SSSR count). The summed E-state index contributed by atoms with van der Waals surface area (Å²) < 4.78 is 26.3. The topological polar surface area (TPSA) is 46.2 Å². The minimum absolute atomic E-state index is 0.328. The Morgan fingerprint density at radius 2 is 1.45 bits per heavy atom. The van der Waals surface area contributed by atoms with Gasteiger partial charge in [0.2, 0.25) is 10.0 Å². The molecule has 0 saturated carbocycles. The smallest absolute Gasteiger partial charge is 0.211 e. The molecular weight excluding hydrogens is 341 g/mol. The molecule has 0 atom stereocenters. The van der Waals surface area contributed by atoms with Gasteiger partial charge in [0.1, 0.15) is 0 Å².